The number of hydrogen-bond donors (Lipinski definition) is 0. The van der Waals surface area contributed by atoms with Crippen molar-refractivity contribution in [2.45, 2.75) is 32.1 Å². The molecule has 0 saturated carbocycles. The first-order valence-corrected chi connectivity index (χ1v) is 10.2. The third kappa shape index (κ3) is 3.53. The number of hydrogen-bond acceptors (Lipinski definition) is 3. The van der Waals surface area contributed by atoms with E-state index in [1.807, 2.05) is 42.5 Å². The molecule has 4 rings (SSSR count). The Bertz CT molecular complexity index is 895. The Morgan fingerprint density at radius 3 is 2.07 bits per heavy atom. The minimum atomic E-state index is -1.28. The van der Waals surface area contributed by atoms with Crippen LogP contribution in [0.5, 0.6) is 0 Å². The lowest BCUT2D eigenvalue weighted by Gasteiger charge is -2.25. The average molecular weight is 371 g/mol. The van der Waals surface area contributed by atoms with Gasteiger partial charge in [0.1, 0.15) is 0 Å². The molecule has 28 heavy (non-hydrogen) atoms. The van der Waals surface area contributed by atoms with Crippen molar-refractivity contribution >= 4 is 11.6 Å². The van der Waals surface area contributed by atoms with E-state index >= 15 is 0 Å². The zero-order valence-electron chi connectivity index (χ0n) is 16.1. The highest BCUT2D eigenvalue weighted by molar-refractivity contribution is 6.31. The van der Waals surface area contributed by atoms with Crippen LogP contribution >= 0.6 is 0 Å². The summed E-state index contributed by atoms with van der Waals surface area (Å²) in [7, 11) is 0. The molecule has 0 unspecified atom stereocenters. The molecule has 0 amide bonds. The molecule has 3 nitrogen and oxygen atoms in total. The van der Waals surface area contributed by atoms with Gasteiger partial charge in [-0.15, -0.1) is 5.92 Å². The first kappa shape index (κ1) is 18.7. The second kappa shape index (κ2) is 8.12. The van der Waals surface area contributed by atoms with E-state index < -0.39 is 5.41 Å². The quantitative estimate of drug-likeness (QED) is 0.598. The maximum Gasteiger partial charge on any atom is 0.189 e. The van der Waals surface area contributed by atoms with E-state index in [0.29, 0.717) is 24.0 Å². The van der Waals surface area contributed by atoms with Crippen molar-refractivity contribution in [1.82, 2.24) is 4.90 Å². The monoisotopic (exact) mass is 371 g/mol. The van der Waals surface area contributed by atoms with Crippen molar-refractivity contribution in [3.63, 3.8) is 0 Å². The van der Waals surface area contributed by atoms with Crippen LogP contribution in [0, 0.1) is 17.3 Å². The van der Waals surface area contributed by atoms with E-state index in [2.05, 4.69) is 16.7 Å². The summed E-state index contributed by atoms with van der Waals surface area (Å²) in [6.45, 7) is 3.16. The van der Waals surface area contributed by atoms with Gasteiger partial charge in [0.15, 0.2) is 17.0 Å². The minimum Gasteiger partial charge on any atom is -0.302 e. The maximum absolute atomic E-state index is 13.3. The third-order valence-electron chi connectivity index (χ3n) is 5.81. The Balaban J connectivity index is 1.61. The molecule has 2 aromatic rings. The lowest BCUT2D eigenvalue weighted by Crippen LogP contribution is -2.34. The van der Waals surface area contributed by atoms with Gasteiger partial charge in [0.25, 0.3) is 0 Å². The molecule has 3 heteroatoms. The van der Waals surface area contributed by atoms with Gasteiger partial charge in [0.2, 0.25) is 0 Å². The number of carbonyl (C=O) groups is 2. The first-order chi connectivity index (χ1) is 13.7. The molecule has 0 bridgehead atoms. The normalized spacial score (nSPS) is 18.4. The van der Waals surface area contributed by atoms with Crippen LogP contribution in [-0.4, -0.2) is 36.1 Å². The molecule has 1 heterocycles. The zero-order chi connectivity index (χ0) is 19.4. The van der Waals surface area contributed by atoms with Gasteiger partial charge in [-0.2, -0.15) is 0 Å². The Hall–Kier alpha value is -2.70. The van der Waals surface area contributed by atoms with Crippen LogP contribution in [0.25, 0.3) is 0 Å². The van der Waals surface area contributed by atoms with Gasteiger partial charge >= 0.3 is 0 Å². The Morgan fingerprint density at radius 2 is 1.43 bits per heavy atom. The van der Waals surface area contributed by atoms with Crippen LogP contribution in [0.4, 0.5) is 0 Å². The van der Waals surface area contributed by atoms with E-state index in [1.165, 1.54) is 19.3 Å². The van der Waals surface area contributed by atoms with Crippen LogP contribution in [0.1, 0.15) is 52.0 Å². The van der Waals surface area contributed by atoms with E-state index in [0.717, 1.165) is 25.2 Å². The molecule has 1 aliphatic heterocycles. The van der Waals surface area contributed by atoms with Crippen LogP contribution in [0.3, 0.4) is 0 Å². The van der Waals surface area contributed by atoms with Crippen molar-refractivity contribution in [1.29, 1.82) is 0 Å². The SMILES string of the molecule is O=C1c2ccccc2C(=O)C1(C#CCCN1CCCCC1)Cc1ccccc1. The van der Waals surface area contributed by atoms with E-state index in [-0.39, 0.29) is 11.6 Å². The Morgan fingerprint density at radius 1 is 0.821 bits per heavy atom. The molecule has 0 spiro atoms. The summed E-state index contributed by atoms with van der Waals surface area (Å²) in [5.74, 6) is 6.05. The van der Waals surface area contributed by atoms with Crippen LogP contribution < -0.4 is 0 Å². The Labute approximate surface area is 166 Å². The minimum absolute atomic E-state index is 0.151. The molecular formula is C25H25NO2. The molecule has 0 aromatic heterocycles. The second-order valence-corrected chi connectivity index (χ2v) is 7.73. The summed E-state index contributed by atoms with van der Waals surface area (Å²) in [5, 5.41) is 0. The fraction of sp³-hybridized carbons (Fsp3) is 0.360. The van der Waals surface area contributed by atoms with Crippen molar-refractivity contribution < 1.29 is 9.59 Å². The number of ketones is 2. The van der Waals surface area contributed by atoms with Crippen LogP contribution in [-0.2, 0) is 6.42 Å². The molecule has 2 aromatic carbocycles. The number of likely N-dealkylation sites (tertiary alicyclic amines) is 1. The largest absolute Gasteiger partial charge is 0.302 e. The topological polar surface area (TPSA) is 37.4 Å². The molecule has 0 atom stereocenters. The van der Waals surface area contributed by atoms with Crippen molar-refractivity contribution in [3.05, 3.63) is 71.3 Å². The molecule has 1 fully saturated rings. The van der Waals surface area contributed by atoms with Gasteiger partial charge < -0.3 is 4.90 Å². The van der Waals surface area contributed by atoms with Gasteiger partial charge in [0, 0.05) is 30.5 Å². The predicted octanol–water partition coefficient (Wildman–Crippen LogP) is 4.17. The number of piperidine rings is 1. The number of nitrogens with zero attached hydrogens (tertiary/aromatic N) is 1. The predicted molar refractivity (Wildman–Crippen MR) is 110 cm³/mol. The highest BCUT2D eigenvalue weighted by atomic mass is 16.2. The highest BCUT2D eigenvalue weighted by Crippen LogP contribution is 2.39. The lowest BCUT2D eigenvalue weighted by atomic mass is 9.77. The zero-order valence-corrected chi connectivity index (χ0v) is 16.1. The van der Waals surface area contributed by atoms with Crippen LogP contribution in [0.2, 0.25) is 0 Å². The van der Waals surface area contributed by atoms with Crippen molar-refractivity contribution in [2.75, 3.05) is 19.6 Å². The summed E-state index contributed by atoms with van der Waals surface area (Å²) >= 11 is 0. The summed E-state index contributed by atoms with van der Waals surface area (Å²) < 4.78 is 0. The molecule has 142 valence electrons. The number of carbonyl (C=O) groups excluding carboxylic acids is 2. The molecular weight excluding hydrogens is 346 g/mol. The van der Waals surface area contributed by atoms with Crippen LogP contribution in [0.15, 0.2) is 54.6 Å². The highest BCUT2D eigenvalue weighted by Gasteiger charge is 2.51. The fourth-order valence-electron chi connectivity index (χ4n) is 4.27. The summed E-state index contributed by atoms with van der Waals surface area (Å²) in [4.78, 5) is 29.0. The number of rotatable bonds is 4. The molecule has 0 radical (unpaired) electrons. The lowest BCUT2D eigenvalue weighted by molar-refractivity contribution is 0.0770. The van der Waals surface area contributed by atoms with Crippen molar-refractivity contribution in [3.8, 4) is 11.8 Å². The van der Waals surface area contributed by atoms with Gasteiger partial charge in [-0.05, 0) is 31.5 Å². The number of fused-ring (bicyclic) bond motifs is 1. The van der Waals surface area contributed by atoms with E-state index in [9.17, 15) is 9.59 Å². The average Bonchev–Trinajstić information content (AvgIpc) is 2.95. The summed E-state index contributed by atoms with van der Waals surface area (Å²) in [6, 6.07) is 16.8. The molecule has 2 aliphatic rings. The maximum atomic E-state index is 13.3. The van der Waals surface area contributed by atoms with E-state index in [4.69, 9.17) is 0 Å². The summed E-state index contributed by atoms with van der Waals surface area (Å²) in [6.07, 6.45) is 4.82. The first-order valence-electron chi connectivity index (χ1n) is 10.2. The molecule has 1 saturated heterocycles. The number of benzene rings is 2. The fourth-order valence-corrected chi connectivity index (χ4v) is 4.27. The van der Waals surface area contributed by atoms with Gasteiger partial charge in [-0.1, -0.05) is 66.9 Å². The number of Topliss-reactive ketones (excluding diaryl/α,β-unsaturated/α-hetero) is 2. The second-order valence-electron chi connectivity index (χ2n) is 7.73. The van der Waals surface area contributed by atoms with Crippen molar-refractivity contribution in [2.24, 2.45) is 5.41 Å². The summed E-state index contributed by atoms with van der Waals surface area (Å²) in [5.41, 5.74) is 0.692. The smallest absolute Gasteiger partial charge is 0.189 e. The van der Waals surface area contributed by atoms with E-state index in [1.54, 1.807) is 12.1 Å². The Kier molecular flexibility index (Phi) is 5.41. The molecule has 0 N–H and O–H groups in total. The standard InChI is InChI=1S/C25H25NO2/c27-23-21-13-5-6-14-22(21)24(28)25(23,19-20-11-3-1-4-12-20)15-7-10-18-26-16-8-2-9-17-26/h1,3-6,11-14H,2,8-10,16-19H2. The van der Waals surface area contributed by atoms with Gasteiger partial charge in [0.05, 0.1) is 0 Å². The van der Waals surface area contributed by atoms with Gasteiger partial charge in [-0.25, -0.2) is 0 Å². The van der Waals surface area contributed by atoms with Gasteiger partial charge in [-0.3, -0.25) is 9.59 Å². The molecule has 1 aliphatic carbocycles. The third-order valence-corrected chi connectivity index (χ3v) is 5.81.